The van der Waals surface area contributed by atoms with E-state index < -0.39 is 0 Å². The number of nitrogens with zero attached hydrogens (tertiary/aromatic N) is 1. The lowest BCUT2D eigenvalue weighted by Crippen LogP contribution is -2.40. The van der Waals surface area contributed by atoms with Crippen LogP contribution < -0.4 is 5.32 Å². The van der Waals surface area contributed by atoms with Crippen molar-refractivity contribution in [3.05, 3.63) is 82.6 Å². The van der Waals surface area contributed by atoms with Crippen LogP contribution in [-0.2, 0) is 6.54 Å². The van der Waals surface area contributed by atoms with E-state index >= 15 is 0 Å². The van der Waals surface area contributed by atoms with Gasteiger partial charge in [0, 0.05) is 25.2 Å². The number of hydrogen-bond donors (Lipinski definition) is 1. The molecule has 144 valence electrons. The third-order valence-electron chi connectivity index (χ3n) is 5.39. The van der Waals surface area contributed by atoms with Gasteiger partial charge in [-0.1, -0.05) is 42.5 Å². The van der Waals surface area contributed by atoms with Crippen molar-refractivity contribution in [2.45, 2.75) is 19.4 Å². The Morgan fingerprint density at radius 1 is 1.04 bits per heavy atom. The molecule has 0 spiro atoms. The molecule has 1 N–H and O–H groups in total. The fourth-order valence-corrected chi connectivity index (χ4v) is 4.55. The number of carbonyl (C=O) groups is 1. The highest BCUT2D eigenvalue weighted by Crippen LogP contribution is 2.21. The SMILES string of the molecule is O=C(NCC1CCCN(Cc2ccsc2)C1)c1ccc(-c2ccccc2)cc1. The van der Waals surface area contributed by atoms with Gasteiger partial charge in [0.25, 0.3) is 5.91 Å². The summed E-state index contributed by atoms with van der Waals surface area (Å²) in [5.41, 5.74) is 4.43. The first-order valence-electron chi connectivity index (χ1n) is 9.95. The van der Waals surface area contributed by atoms with Crippen LogP contribution in [0.2, 0.25) is 0 Å². The summed E-state index contributed by atoms with van der Waals surface area (Å²) in [5, 5.41) is 7.51. The Balaban J connectivity index is 1.29. The van der Waals surface area contributed by atoms with E-state index in [0.717, 1.165) is 37.3 Å². The highest BCUT2D eigenvalue weighted by Gasteiger charge is 2.20. The number of hydrogen-bond acceptors (Lipinski definition) is 3. The van der Waals surface area contributed by atoms with Crippen molar-refractivity contribution in [1.82, 2.24) is 10.2 Å². The van der Waals surface area contributed by atoms with Crippen molar-refractivity contribution in [3.63, 3.8) is 0 Å². The summed E-state index contributed by atoms with van der Waals surface area (Å²) in [6, 6.07) is 20.3. The van der Waals surface area contributed by atoms with Gasteiger partial charge in [0.05, 0.1) is 0 Å². The summed E-state index contributed by atoms with van der Waals surface area (Å²) >= 11 is 1.76. The summed E-state index contributed by atoms with van der Waals surface area (Å²) in [4.78, 5) is 15.1. The van der Waals surface area contributed by atoms with Gasteiger partial charge >= 0.3 is 0 Å². The Kier molecular flexibility index (Phi) is 6.20. The Bertz CT molecular complexity index is 875. The molecule has 1 aliphatic rings. The van der Waals surface area contributed by atoms with E-state index in [1.807, 2.05) is 42.5 Å². The van der Waals surface area contributed by atoms with Crippen LogP contribution in [0.5, 0.6) is 0 Å². The van der Waals surface area contributed by atoms with Crippen molar-refractivity contribution >= 4 is 17.2 Å². The van der Waals surface area contributed by atoms with Crippen LogP contribution in [0.1, 0.15) is 28.8 Å². The number of amides is 1. The largest absolute Gasteiger partial charge is 0.352 e. The van der Waals surface area contributed by atoms with Crippen LogP contribution in [0.3, 0.4) is 0 Å². The van der Waals surface area contributed by atoms with Gasteiger partial charge < -0.3 is 5.32 Å². The van der Waals surface area contributed by atoms with Crippen LogP contribution >= 0.6 is 11.3 Å². The number of likely N-dealkylation sites (tertiary alicyclic amines) is 1. The van der Waals surface area contributed by atoms with Crippen molar-refractivity contribution in [1.29, 1.82) is 0 Å². The maximum atomic E-state index is 12.5. The maximum absolute atomic E-state index is 12.5. The zero-order chi connectivity index (χ0) is 19.2. The Labute approximate surface area is 171 Å². The number of carbonyl (C=O) groups excluding carboxylic acids is 1. The zero-order valence-corrected chi connectivity index (χ0v) is 16.8. The van der Waals surface area contributed by atoms with E-state index in [1.165, 1.54) is 24.0 Å². The van der Waals surface area contributed by atoms with E-state index in [4.69, 9.17) is 0 Å². The number of thiophene rings is 1. The van der Waals surface area contributed by atoms with Gasteiger partial charge in [0.15, 0.2) is 0 Å². The Hall–Kier alpha value is -2.43. The van der Waals surface area contributed by atoms with E-state index in [1.54, 1.807) is 11.3 Å². The molecule has 0 bridgehead atoms. The van der Waals surface area contributed by atoms with Gasteiger partial charge in [-0.2, -0.15) is 11.3 Å². The monoisotopic (exact) mass is 390 g/mol. The smallest absolute Gasteiger partial charge is 0.251 e. The molecule has 4 rings (SSSR count). The minimum atomic E-state index is 0.0227. The first-order chi connectivity index (χ1) is 13.8. The number of piperidine rings is 1. The molecule has 1 aromatic heterocycles. The minimum Gasteiger partial charge on any atom is -0.352 e. The van der Waals surface area contributed by atoms with E-state index in [0.29, 0.717) is 5.92 Å². The van der Waals surface area contributed by atoms with Gasteiger partial charge in [-0.15, -0.1) is 0 Å². The molecule has 1 atom stereocenters. The van der Waals surface area contributed by atoms with Crippen LogP contribution in [-0.4, -0.2) is 30.4 Å². The molecule has 4 heteroatoms. The molecule has 0 saturated carbocycles. The van der Waals surface area contributed by atoms with Crippen LogP contribution in [0, 0.1) is 5.92 Å². The van der Waals surface area contributed by atoms with Gasteiger partial charge in [-0.3, -0.25) is 9.69 Å². The molecule has 1 fully saturated rings. The second-order valence-electron chi connectivity index (χ2n) is 7.53. The highest BCUT2D eigenvalue weighted by atomic mass is 32.1. The molecule has 28 heavy (non-hydrogen) atoms. The lowest BCUT2D eigenvalue weighted by molar-refractivity contribution is 0.0930. The van der Waals surface area contributed by atoms with E-state index in [9.17, 15) is 4.79 Å². The van der Waals surface area contributed by atoms with Crippen molar-refractivity contribution in [2.24, 2.45) is 5.92 Å². The lowest BCUT2D eigenvalue weighted by atomic mass is 9.97. The summed E-state index contributed by atoms with van der Waals surface area (Å²) < 4.78 is 0. The average molecular weight is 391 g/mol. The number of nitrogens with one attached hydrogen (secondary N) is 1. The van der Waals surface area contributed by atoms with E-state index in [2.05, 4.69) is 39.2 Å². The topological polar surface area (TPSA) is 32.3 Å². The number of rotatable bonds is 6. The normalized spacial score (nSPS) is 17.4. The molecule has 2 heterocycles. The van der Waals surface area contributed by atoms with Gasteiger partial charge in [0.1, 0.15) is 0 Å². The van der Waals surface area contributed by atoms with E-state index in [-0.39, 0.29) is 5.91 Å². The number of benzene rings is 2. The molecule has 2 aromatic carbocycles. The summed E-state index contributed by atoms with van der Waals surface area (Å²) in [7, 11) is 0. The third kappa shape index (κ3) is 4.89. The molecular weight excluding hydrogens is 364 g/mol. The van der Waals surface area contributed by atoms with Gasteiger partial charge in [-0.05, 0) is 71.0 Å². The molecule has 1 unspecified atom stereocenters. The second-order valence-corrected chi connectivity index (χ2v) is 8.31. The lowest BCUT2D eigenvalue weighted by Gasteiger charge is -2.32. The first-order valence-corrected chi connectivity index (χ1v) is 10.9. The molecule has 0 aliphatic carbocycles. The van der Waals surface area contributed by atoms with Crippen molar-refractivity contribution in [2.75, 3.05) is 19.6 Å². The summed E-state index contributed by atoms with van der Waals surface area (Å²) in [5.74, 6) is 0.550. The molecule has 1 saturated heterocycles. The predicted octanol–water partition coefficient (Wildman–Crippen LogP) is 5.06. The molecule has 3 aromatic rings. The minimum absolute atomic E-state index is 0.0227. The fourth-order valence-electron chi connectivity index (χ4n) is 3.89. The Morgan fingerprint density at radius 2 is 1.82 bits per heavy atom. The molecule has 3 nitrogen and oxygen atoms in total. The summed E-state index contributed by atoms with van der Waals surface area (Å²) in [6.07, 6.45) is 2.39. The summed E-state index contributed by atoms with van der Waals surface area (Å²) in [6.45, 7) is 3.98. The third-order valence-corrected chi connectivity index (χ3v) is 6.13. The van der Waals surface area contributed by atoms with Crippen LogP contribution in [0.25, 0.3) is 11.1 Å². The predicted molar refractivity (Wildman–Crippen MR) is 117 cm³/mol. The molecule has 1 amide bonds. The molecule has 0 radical (unpaired) electrons. The standard InChI is InChI=1S/C24H26N2OS/c27-24(23-10-8-22(9-11-23)21-6-2-1-3-7-21)25-15-19-5-4-13-26(16-19)17-20-12-14-28-18-20/h1-3,6-12,14,18-19H,4-5,13,15-17H2,(H,25,27). The quantitative estimate of drug-likeness (QED) is 0.638. The van der Waals surface area contributed by atoms with Gasteiger partial charge in [0.2, 0.25) is 0 Å². The van der Waals surface area contributed by atoms with Crippen LogP contribution in [0.15, 0.2) is 71.4 Å². The first kappa shape index (κ1) is 18.9. The van der Waals surface area contributed by atoms with Crippen LogP contribution in [0.4, 0.5) is 0 Å². The Morgan fingerprint density at radius 3 is 2.57 bits per heavy atom. The highest BCUT2D eigenvalue weighted by molar-refractivity contribution is 7.07. The molecule has 1 aliphatic heterocycles. The zero-order valence-electron chi connectivity index (χ0n) is 16.0. The maximum Gasteiger partial charge on any atom is 0.251 e. The van der Waals surface area contributed by atoms with Crippen molar-refractivity contribution in [3.8, 4) is 11.1 Å². The van der Waals surface area contributed by atoms with Crippen molar-refractivity contribution < 1.29 is 4.79 Å². The molecular formula is C24H26N2OS. The second kappa shape index (κ2) is 9.18. The van der Waals surface area contributed by atoms with Gasteiger partial charge in [-0.25, -0.2) is 0 Å². The fraction of sp³-hybridized carbons (Fsp3) is 0.292. The average Bonchev–Trinajstić information content (AvgIpc) is 3.26.